The van der Waals surface area contributed by atoms with Crippen molar-refractivity contribution in [2.24, 2.45) is 0 Å². The van der Waals surface area contributed by atoms with Gasteiger partial charge < -0.3 is 25.7 Å². The van der Waals surface area contributed by atoms with E-state index >= 15 is 0 Å². The summed E-state index contributed by atoms with van der Waals surface area (Å²) in [6.45, 7) is 2.76. The first-order valence-electron chi connectivity index (χ1n) is 9.93. The number of hydrogen-bond donors (Lipinski definition) is 4. The number of anilines is 1. The molecule has 1 atom stereocenters. The van der Waals surface area contributed by atoms with Crippen molar-refractivity contribution in [2.75, 3.05) is 18.4 Å². The molecule has 1 aromatic carbocycles. The number of fused-ring (bicyclic) bond motifs is 4. The van der Waals surface area contributed by atoms with Gasteiger partial charge >= 0.3 is 6.03 Å². The van der Waals surface area contributed by atoms with Gasteiger partial charge in [-0.3, -0.25) is 0 Å². The Morgan fingerprint density at radius 3 is 2.89 bits per heavy atom. The van der Waals surface area contributed by atoms with E-state index in [9.17, 15) is 4.79 Å². The van der Waals surface area contributed by atoms with E-state index in [4.69, 9.17) is 16.0 Å². The zero-order chi connectivity index (χ0) is 18.4. The summed E-state index contributed by atoms with van der Waals surface area (Å²) in [6, 6.07) is 4.29. The molecular weight excluding hydrogens is 364 g/mol. The number of nitrogens with one attached hydrogen (secondary N) is 4. The summed E-state index contributed by atoms with van der Waals surface area (Å²) >= 11 is 6.57. The van der Waals surface area contributed by atoms with E-state index in [0.717, 1.165) is 67.5 Å². The standard InChI is InChI=1S/C20H25ClN4O2/c21-15-9-12-8-14(11-23-13-4-7-22-10-13)27-18(12)16-17(15)24-19(26)25-20(16)5-2-1-3-6-20/h8-9,13,22-23H,1-7,10-11H2,(H2,24,25,26). The minimum atomic E-state index is -0.378. The van der Waals surface area contributed by atoms with Gasteiger partial charge in [0.2, 0.25) is 0 Å². The molecule has 5 rings (SSSR count). The first kappa shape index (κ1) is 17.3. The van der Waals surface area contributed by atoms with Gasteiger partial charge in [0.1, 0.15) is 11.3 Å². The number of hydrogen-bond acceptors (Lipinski definition) is 4. The van der Waals surface area contributed by atoms with E-state index in [2.05, 4.69) is 27.3 Å². The third kappa shape index (κ3) is 3.00. The molecule has 7 heteroatoms. The number of benzene rings is 1. The van der Waals surface area contributed by atoms with Crippen LogP contribution in [0.15, 0.2) is 16.5 Å². The van der Waals surface area contributed by atoms with Crippen molar-refractivity contribution >= 4 is 34.3 Å². The van der Waals surface area contributed by atoms with E-state index in [1.807, 2.05) is 6.07 Å². The Morgan fingerprint density at radius 2 is 2.11 bits per heavy atom. The molecule has 2 aromatic rings. The molecule has 1 aromatic heterocycles. The van der Waals surface area contributed by atoms with Gasteiger partial charge in [0.05, 0.1) is 22.8 Å². The molecule has 0 bridgehead atoms. The van der Waals surface area contributed by atoms with E-state index in [1.165, 1.54) is 6.42 Å². The molecule has 1 unspecified atom stereocenters. The van der Waals surface area contributed by atoms with Crippen molar-refractivity contribution in [2.45, 2.75) is 56.7 Å². The normalized spacial score (nSPS) is 24.0. The third-order valence-electron chi connectivity index (χ3n) is 6.21. The van der Waals surface area contributed by atoms with Gasteiger partial charge in [-0.1, -0.05) is 30.9 Å². The average Bonchev–Trinajstić information content (AvgIpc) is 3.30. The van der Waals surface area contributed by atoms with Crippen LogP contribution in [0, 0.1) is 0 Å². The first-order chi connectivity index (χ1) is 13.1. The van der Waals surface area contributed by atoms with Crippen LogP contribution in [0.4, 0.5) is 10.5 Å². The van der Waals surface area contributed by atoms with Crippen LogP contribution in [-0.4, -0.2) is 25.2 Å². The molecule has 4 N–H and O–H groups in total. The number of carbonyl (C=O) groups is 1. The smallest absolute Gasteiger partial charge is 0.319 e. The van der Waals surface area contributed by atoms with Crippen LogP contribution in [-0.2, 0) is 12.1 Å². The van der Waals surface area contributed by atoms with Gasteiger partial charge in [-0.2, -0.15) is 0 Å². The molecule has 2 amide bonds. The minimum Gasteiger partial charge on any atom is -0.459 e. The lowest BCUT2D eigenvalue weighted by Crippen LogP contribution is -2.52. The van der Waals surface area contributed by atoms with Gasteiger partial charge in [0, 0.05) is 23.5 Å². The zero-order valence-electron chi connectivity index (χ0n) is 15.3. The number of carbonyl (C=O) groups excluding carboxylic acids is 1. The molecule has 2 aliphatic heterocycles. The Kier molecular flexibility index (Phi) is 4.30. The quantitative estimate of drug-likeness (QED) is 0.644. The van der Waals surface area contributed by atoms with E-state index in [-0.39, 0.29) is 11.6 Å². The van der Waals surface area contributed by atoms with Crippen molar-refractivity contribution in [3.63, 3.8) is 0 Å². The second-order valence-corrected chi connectivity index (χ2v) is 8.44. The topological polar surface area (TPSA) is 78.3 Å². The molecule has 1 spiro atoms. The fourth-order valence-corrected chi connectivity index (χ4v) is 5.16. The fourth-order valence-electron chi connectivity index (χ4n) is 4.90. The molecule has 3 aliphatic rings. The molecular formula is C20H25ClN4O2. The largest absolute Gasteiger partial charge is 0.459 e. The Morgan fingerprint density at radius 1 is 1.26 bits per heavy atom. The Bertz CT molecular complexity index is 882. The Labute approximate surface area is 163 Å². The number of urea groups is 1. The predicted molar refractivity (Wildman–Crippen MR) is 106 cm³/mol. The molecule has 27 heavy (non-hydrogen) atoms. The van der Waals surface area contributed by atoms with Crippen molar-refractivity contribution in [1.82, 2.24) is 16.0 Å². The first-order valence-corrected chi connectivity index (χ1v) is 10.3. The summed E-state index contributed by atoms with van der Waals surface area (Å²) < 4.78 is 6.31. The van der Waals surface area contributed by atoms with E-state index < -0.39 is 0 Å². The van der Waals surface area contributed by atoms with Gasteiger partial charge in [0.15, 0.2) is 0 Å². The van der Waals surface area contributed by atoms with E-state index in [0.29, 0.717) is 23.3 Å². The Balaban J connectivity index is 1.56. The maximum atomic E-state index is 12.3. The van der Waals surface area contributed by atoms with Crippen LogP contribution in [0.1, 0.15) is 49.8 Å². The summed E-state index contributed by atoms with van der Waals surface area (Å²) in [4.78, 5) is 12.3. The highest BCUT2D eigenvalue weighted by atomic mass is 35.5. The van der Waals surface area contributed by atoms with Gasteiger partial charge in [0.25, 0.3) is 0 Å². The summed E-state index contributed by atoms with van der Waals surface area (Å²) in [5.41, 5.74) is 2.21. The number of halogens is 1. The highest BCUT2D eigenvalue weighted by Crippen LogP contribution is 2.48. The fraction of sp³-hybridized carbons (Fsp3) is 0.550. The van der Waals surface area contributed by atoms with Gasteiger partial charge in [-0.25, -0.2) is 4.79 Å². The molecule has 3 heterocycles. The second-order valence-electron chi connectivity index (χ2n) is 8.03. The van der Waals surface area contributed by atoms with Crippen molar-refractivity contribution in [3.8, 4) is 0 Å². The van der Waals surface area contributed by atoms with Crippen molar-refractivity contribution in [3.05, 3.63) is 28.5 Å². The van der Waals surface area contributed by atoms with Gasteiger partial charge in [-0.05, 0) is 37.9 Å². The molecule has 0 radical (unpaired) electrons. The minimum absolute atomic E-state index is 0.173. The summed E-state index contributed by atoms with van der Waals surface area (Å²) in [6.07, 6.45) is 6.37. The summed E-state index contributed by atoms with van der Waals surface area (Å²) in [5.74, 6) is 0.907. The summed E-state index contributed by atoms with van der Waals surface area (Å²) in [7, 11) is 0. The van der Waals surface area contributed by atoms with Crippen LogP contribution in [0.5, 0.6) is 0 Å². The van der Waals surface area contributed by atoms with Crippen LogP contribution < -0.4 is 21.3 Å². The number of amides is 2. The van der Waals surface area contributed by atoms with Crippen LogP contribution in [0.3, 0.4) is 0 Å². The highest BCUT2D eigenvalue weighted by molar-refractivity contribution is 6.35. The van der Waals surface area contributed by atoms with Crippen LogP contribution in [0.25, 0.3) is 11.0 Å². The number of rotatable bonds is 3. The maximum absolute atomic E-state index is 12.3. The molecule has 1 saturated heterocycles. The van der Waals surface area contributed by atoms with Crippen LogP contribution >= 0.6 is 11.6 Å². The SMILES string of the molecule is O=C1Nc2c(Cl)cc3cc(CNC4CCNC4)oc3c2C2(CCCCC2)N1. The van der Waals surface area contributed by atoms with Crippen LogP contribution in [0.2, 0.25) is 5.02 Å². The molecule has 2 fully saturated rings. The molecule has 6 nitrogen and oxygen atoms in total. The highest BCUT2D eigenvalue weighted by Gasteiger charge is 2.43. The van der Waals surface area contributed by atoms with E-state index in [1.54, 1.807) is 0 Å². The predicted octanol–water partition coefficient (Wildman–Crippen LogP) is 3.83. The monoisotopic (exact) mass is 388 g/mol. The van der Waals surface area contributed by atoms with Crippen molar-refractivity contribution in [1.29, 1.82) is 0 Å². The van der Waals surface area contributed by atoms with Gasteiger partial charge in [-0.15, -0.1) is 0 Å². The lowest BCUT2D eigenvalue weighted by molar-refractivity contribution is 0.209. The maximum Gasteiger partial charge on any atom is 0.319 e. The summed E-state index contributed by atoms with van der Waals surface area (Å²) in [5, 5.41) is 14.6. The lowest BCUT2D eigenvalue weighted by Gasteiger charge is -2.42. The Hall–Kier alpha value is -1.76. The second kappa shape index (κ2) is 6.69. The number of furan rings is 1. The lowest BCUT2D eigenvalue weighted by atomic mass is 9.74. The zero-order valence-corrected chi connectivity index (χ0v) is 16.0. The third-order valence-corrected chi connectivity index (χ3v) is 6.51. The molecule has 1 saturated carbocycles. The van der Waals surface area contributed by atoms with Crippen molar-refractivity contribution < 1.29 is 9.21 Å². The molecule has 144 valence electrons. The average molecular weight is 389 g/mol. The molecule has 1 aliphatic carbocycles.